The molecular formula is C12H22Cl3O. The van der Waals surface area contributed by atoms with Gasteiger partial charge in [-0.3, -0.25) is 0 Å². The molecular weight excluding hydrogens is 266 g/mol. The summed E-state index contributed by atoms with van der Waals surface area (Å²) in [5.74, 6) is -0.00568. The van der Waals surface area contributed by atoms with Gasteiger partial charge in [-0.2, -0.15) is 0 Å². The summed E-state index contributed by atoms with van der Waals surface area (Å²) in [6.45, 7) is 7.15. The summed E-state index contributed by atoms with van der Waals surface area (Å²) in [4.78, 5) is 0. The van der Waals surface area contributed by atoms with E-state index in [0.717, 1.165) is 25.7 Å². The third-order valence-corrected chi connectivity index (χ3v) is 3.40. The highest BCUT2D eigenvalue weighted by atomic mass is 35.6. The predicted molar refractivity (Wildman–Crippen MR) is 73.3 cm³/mol. The van der Waals surface area contributed by atoms with Gasteiger partial charge in [0, 0.05) is 12.5 Å². The van der Waals surface area contributed by atoms with E-state index in [9.17, 15) is 0 Å². The molecule has 0 bridgehead atoms. The fraction of sp³-hybridized carbons (Fsp3) is 0.917. The molecule has 0 saturated carbocycles. The van der Waals surface area contributed by atoms with Crippen LogP contribution in [0.4, 0.5) is 0 Å². The Balaban J connectivity index is 3.82. The Labute approximate surface area is 115 Å². The average Bonchev–Trinajstić information content (AvgIpc) is 2.20. The van der Waals surface area contributed by atoms with Crippen molar-refractivity contribution in [3.63, 3.8) is 0 Å². The van der Waals surface area contributed by atoms with Gasteiger partial charge in [-0.15, -0.1) is 0 Å². The van der Waals surface area contributed by atoms with Crippen LogP contribution in [-0.4, -0.2) is 17.0 Å². The third kappa shape index (κ3) is 8.92. The Morgan fingerprint density at radius 3 is 2.38 bits per heavy atom. The maximum atomic E-state index is 5.93. The lowest BCUT2D eigenvalue weighted by Gasteiger charge is -2.24. The molecule has 0 fully saturated rings. The van der Waals surface area contributed by atoms with Crippen molar-refractivity contribution in [1.29, 1.82) is 0 Å². The number of halogens is 3. The maximum absolute atomic E-state index is 5.93. The number of hydrogen-bond donors (Lipinski definition) is 0. The third-order valence-electron chi connectivity index (χ3n) is 2.48. The van der Waals surface area contributed by atoms with Gasteiger partial charge in [-0.1, -0.05) is 74.3 Å². The summed E-state index contributed by atoms with van der Waals surface area (Å²) in [7, 11) is 0. The zero-order chi connectivity index (χ0) is 12.4. The van der Waals surface area contributed by atoms with Crippen molar-refractivity contribution in [2.45, 2.75) is 49.2 Å². The van der Waals surface area contributed by atoms with Crippen LogP contribution in [0, 0.1) is 12.8 Å². The van der Waals surface area contributed by atoms with Crippen LogP contribution >= 0.6 is 34.8 Å². The average molecular weight is 289 g/mol. The SMILES string of the molecule is [CH2]CCCOCC(CCCCC)C(Cl)(Cl)Cl. The van der Waals surface area contributed by atoms with Crippen LogP contribution in [0.3, 0.4) is 0 Å². The van der Waals surface area contributed by atoms with E-state index in [0.29, 0.717) is 13.2 Å². The Morgan fingerprint density at radius 2 is 1.88 bits per heavy atom. The first kappa shape index (κ1) is 16.8. The van der Waals surface area contributed by atoms with Gasteiger partial charge >= 0.3 is 0 Å². The lowest BCUT2D eigenvalue weighted by molar-refractivity contribution is 0.0949. The zero-order valence-corrected chi connectivity index (χ0v) is 12.3. The van der Waals surface area contributed by atoms with Crippen LogP contribution in [0.2, 0.25) is 0 Å². The maximum Gasteiger partial charge on any atom is 0.195 e. The summed E-state index contributed by atoms with van der Waals surface area (Å²) in [6, 6.07) is 0. The van der Waals surface area contributed by atoms with Crippen LogP contribution in [-0.2, 0) is 4.74 Å². The lowest BCUT2D eigenvalue weighted by atomic mass is 10.0. The molecule has 16 heavy (non-hydrogen) atoms. The van der Waals surface area contributed by atoms with E-state index in [4.69, 9.17) is 39.5 Å². The first-order valence-corrected chi connectivity index (χ1v) is 7.09. The largest absolute Gasteiger partial charge is 0.381 e. The second-order valence-corrected chi connectivity index (χ2v) is 6.39. The molecule has 0 saturated heterocycles. The number of unbranched alkanes of at least 4 members (excludes halogenated alkanes) is 3. The molecule has 1 radical (unpaired) electrons. The molecule has 0 aliphatic rings. The number of hydrogen-bond acceptors (Lipinski definition) is 1. The van der Waals surface area contributed by atoms with E-state index in [1.807, 2.05) is 0 Å². The molecule has 0 spiro atoms. The standard InChI is InChI=1S/C12H22Cl3O/c1-3-5-7-8-11(12(13,14)15)10-16-9-6-4-2/h11H,2-10H2,1H3. The van der Waals surface area contributed by atoms with Crippen LogP contribution in [0.5, 0.6) is 0 Å². The molecule has 4 heteroatoms. The lowest BCUT2D eigenvalue weighted by Crippen LogP contribution is -2.24. The molecule has 0 aliphatic heterocycles. The molecule has 0 aliphatic carbocycles. The molecule has 0 aromatic rings. The van der Waals surface area contributed by atoms with Gasteiger partial charge in [0.25, 0.3) is 0 Å². The van der Waals surface area contributed by atoms with Crippen LogP contribution in [0.1, 0.15) is 45.4 Å². The Morgan fingerprint density at radius 1 is 1.19 bits per heavy atom. The Bertz CT molecular complexity index is 157. The first-order valence-electron chi connectivity index (χ1n) is 5.96. The van der Waals surface area contributed by atoms with Gasteiger partial charge in [-0.25, -0.2) is 0 Å². The van der Waals surface area contributed by atoms with E-state index >= 15 is 0 Å². The number of alkyl halides is 3. The van der Waals surface area contributed by atoms with Gasteiger partial charge in [0.2, 0.25) is 0 Å². The van der Waals surface area contributed by atoms with E-state index in [2.05, 4.69) is 13.8 Å². The Hall–Kier alpha value is 0.830. The smallest absolute Gasteiger partial charge is 0.195 e. The molecule has 0 rings (SSSR count). The molecule has 0 heterocycles. The van der Waals surface area contributed by atoms with E-state index < -0.39 is 3.79 Å². The molecule has 0 N–H and O–H groups in total. The molecule has 1 unspecified atom stereocenters. The fourth-order valence-corrected chi connectivity index (χ4v) is 1.93. The highest BCUT2D eigenvalue weighted by Gasteiger charge is 2.31. The fourth-order valence-electron chi connectivity index (χ4n) is 1.41. The summed E-state index contributed by atoms with van der Waals surface area (Å²) in [6.07, 6.45) is 6.20. The highest BCUT2D eigenvalue weighted by Crippen LogP contribution is 2.38. The van der Waals surface area contributed by atoms with Gasteiger partial charge in [0.05, 0.1) is 6.61 Å². The quantitative estimate of drug-likeness (QED) is 0.419. The Kier molecular flexibility index (Phi) is 10.3. The molecule has 1 atom stereocenters. The minimum absolute atomic E-state index is 0.00568. The van der Waals surface area contributed by atoms with Crippen molar-refractivity contribution < 1.29 is 4.74 Å². The normalized spacial score (nSPS) is 14.1. The van der Waals surface area contributed by atoms with E-state index in [-0.39, 0.29) is 5.92 Å². The van der Waals surface area contributed by atoms with Gasteiger partial charge in [0.15, 0.2) is 3.79 Å². The van der Waals surface area contributed by atoms with Crippen LogP contribution in [0.25, 0.3) is 0 Å². The van der Waals surface area contributed by atoms with Gasteiger partial charge in [0.1, 0.15) is 0 Å². The molecule has 0 aromatic carbocycles. The monoisotopic (exact) mass is 287 g/mol. The predicted octanol–water partition coefficient (Wildman–Crippen LogP) is 5.18. The van der Waals surface area contributed by atoms with E-state index in [1.165, 1.54) is 12.8 Å². The summed E-state index contributed by atoms with van der Waals surface area (Å²) in [5, 5.41) is 0. The summed E-state index contributed by atoms with van der Waals surface area (Å²) >= 11 is 17.8. The van der Waals surface area contributed by atoms with Crippen molar-refractivity contribution in [2.75, 3.05) is 13.2 Å². The summed E-state index contributed by atoms with van der Waals surface area (Å²) in [5.41, 5.74) is 0. The summed E-state index contributed by atoms with van der Waals surface area (Å²) < 4.78 is 4.29. The van der Waals surface area contributed by atoms with Crippen molar-refractivity contribution >= 4 is 34.8 Å². The second-order valence-electron chi connectivity index (χ2n) is 4.02. The highest BCUT2D eigenvalue weighted by molar-refractivity contribution is 6.67. The van der Waals surface area contributed by atoms with Crippen LogP contribution < -0.4 is 0 Å². The van der Waals surface area contributed by atoms with Crippen molar-refractivity contribution in [1.82, 2.24) is 0 Å². The second kappa shape index (κ2) is 9.82. The van der Waals surface area contributed by atoms with Gasteiger partial charge < -0.3 is 4.74 Å². The van der Waals surface area contributed by atoms with E-state index in [1.54, 1.807) is 0 Å². The topological polar surface area (TPSA) is 9.23 Å². The minimum Gasteiger partial charge on any atom is -0.381 e. The van der Waals surface area contributed by atoms with Crippen molar-refractivity contribution in [3.8, 4) is 0 Å². The molecule has 0 amide bonds. The van der Waals surface area contributed by atoms with Crippen molar-refractivity contribution in [2.24, 2.45) is 5.92 Å². The number of rotatable bonds is 9. The minimum atomic E-state index is -1.21. The molecule has 97 valence electrons. The molecule has 0 aromatic heterocycles. The van der Waals surface area contributed by atoms with Crippen LogP contribution in [0.15, 0.2) is 0 Å². The molecule has 1 nitrogen and oxygen atoms in total. The number of ether oxygens (including phenoxy) is 1. The van der Waals surface area contributed by atoms with Gasteiger partial charge in [-0.05, 0) is 12.8 Å². The zero-order valence-electron chi connectivity index (χ0n) is 9.98. The first-order chi connectivity index (χ1) is 7.52. The van der Waals surface area contributed by atoms with Crippen molar-refractivity contribution in [3.05, 3.63) is 6.92 Å².